The van der Waals surface area contributed by atoms with Crippen LogP contribution in [0.2, 0.25) is 0 Å². The van der Waals surface area contributed by atoms with Crippen LogP contribution in [0.25, 0.3) is 0 Å². The van der Waals surface area contributed by atoms with E-state index in [1.54, 1.807) is 29.3 Å². The van der Waals surface area contributed by atoms with Gasteiger partial charge in [0.05, 0.1) is 18.1 Å². The van der Waals surface area contributed by atoms with E-state index in [1.807, 2.05) is 19.1 Å². The molecule has 0 bridgehead atoms. The Morgan fingerprint density at radius 2 is 1.81 bits per heavy atom. The van der Waals surface area contributed by atoms with Gasteiger partial charge >= 0.3 is 0 Å². The third-order valence-electron chi connectivity index (χ3n) is 3.82. The number of ether oxygens (including phenoxy) is 2. The zero-order valence-electron chi connectivity index (χ0n) is 14.3. The maximum atomic E-state index is 5.63. The number of pyridine rings is 1. The third-order valence-corrected chi connectivity index (χ3v) is 5.97. The van der Waals surface area contributed by atoms with Crippen molar-refractivity contribution in [3.8, 4) is 11.8 Å². The molecule has 0 saturated carbocycles. The number of aromatic nitrogens is 1. The highest BCUT2D eigenvalue weighted by molar-refractivity contribution is 7.99. The van der Waals surface area contributed by atoms with Crippen LogP contribution in [0.1, 0.15) is 28.0 Å². The Kier molecular flexibility index (Phi) is 5.37. The van der Waals surface area contributed by atoms with E-state index in [0.717, 1.165) is 21.7 Å². The second-order valence-corrected chi connectivity index (χ2v) is 7.85. The van der Waals surface area contributed by atoms with E-state index in [0.29, 0.717) is 13.2 Å². The molecule has 2 aromatic heterocycles. The lowest BCUT2D eigenvalue weighted by Gasteiger charge is -2.09. The fourth-order valence-electron chi connectivity index (χ4n) is 2.58. The Bertz CT molecular complexity index is 948. The SMILES string of the molecule is Cc1cc(C#Cc2ccc(Sc3ccsc3C3OCCO3)cc2)ccn1. The van der Waals surface area contributed by atoms with Gasteiger partial charge in [-0.1, -0.05) is 23.6 Å². The van der Waals surface area contributed by atoms with E-state index in [9.17, 15) is 0 Å². The van der Waals surface area contributed by atoms with Gasteiger partial charge in [-0.15, -0.1) is 11.3 Å². The molecule has 26 heavy (non-hydrogen) atoms. The van der Waals surface area contributed by atoms with Crippen molar-refractivity contribution in [3.63, 3.8) is 0 Å². The molecule has 4 rings (SSSR count). The number of hydrogen-bond acceptors (Lipinski definition) is 5. The highest BCUT2D eigenvalue weighted by Gasteiger charge is 2.23. The summed E-state index contributed by atoms with van der Waals surface area (Å²) in [5.41, 5.74) is 2.96. The highest BCUT2D eigenvalue weighted by atomic mass is 32.2. The highest BCUT2D eigenvalue weighted by Crippen LogP contribution is 2.39. The van der Waals surface area contributed by atoms with E-state index in [-0.39, 0.29) is 6.29 Å². The zero-order valence-corrected chi connectivity index (χ0v) is 15.9. The van der Waals surface area contributed by atoms with Crippen LogP contribution in [0.4, 0.5) is 0 Å². The maximum absolute atomic E-state index is 5.63. The third kappa shape index (κ3) is 4.17. The molecular formula is C21H17NO2S2. The fourth-order valence-corrected chi connectivity index (χ4v) is 4.57. The lowest BCUT2D eigenvalue weighted by atomic mass is 10.2. The summed E-state index contributed by atoms with van der Waals surface area (Å²) in [6, 6.07) is 14.3. The average molecular weight is 380 g/mol. The first-order chi connectivity index (χ1) is 12.8. The monoisotopic (exact) mass is 379 g/mol. The van der Waals surface area contributed by atoms with E-state index in [1.165, 1.54) is 9.79 Å². The molecule has 3 aromatic rings. The molecule has 0 amide bonds. The van der Waals surface area contributed by atoms with Gasteiger partial charge in [0, 0.05) is 32.8 Å². The van der Waals surface area contributed by atoms with E-state index in [2.05, 4.69) is 52.5 Å². The van der Waals surface area contributed by atoms with E-state index < -0.39 is 0 Å². The lowest BCUT2D eigenvalue weighted by molar-refractivity contribution is -0.0430. The van der Waals surface area contributed by atoms with Crippen LogP contribution in [0, 0.1) is 18.8 Å². The summed E-state index contributed by atoms with van der Waals surface area (Å²) in [6.45, 7) is 3.30. The van der Waals surface area contributed by atoms with Gasteiger partial charge in [0.2, 0.25) is 0 Å². The summed E-state index contributed by atoms with van der Waals surface area (Å²) >= 11 is 3.40. The first-order valence-corrected chi connectivity index (χ1v) is 10.0. The number of nitrogens with zero attached hydrogens (tertiary/aromatic N) is 1. The predicted molar refractivity (Wildman–Crippen MR) is 104 cm³/mol. The Balaban J connectivity index is 1.46. The van der Waals surface area contributed by atoms with Crippen molar-refractivity contribution in [2.45, 2.75) is 23.0 Å². The standard InChI is InChI=1S/C21H17NO2S2/c1-15-14-17(8-10-22-15)3-2-16-4-6-18(7-5-16)26-19-9-13-25-20(19)21-23-11-12-24-21/h4-10,13-14,21H,11-12H2,1H3. The maximum Gasteiger partial charge on any atom is 0.194 e. The van der Waals surface area contributed by atoms with Crippen molar-refractivity contribution in [3.05, 3.63) is 75.7 Å². The molecule has 3 nitrogen and oxygen atoms in total. The smallest absolute Gasteiger partial charge is 0.194 e. The van der Waals surface area contributed by atoms with Crippen molar-refractivity contribution in [1.82, 2.24) is 4.98 Å². The minimum atomic E-state index is -0.216. The van der Waals surface area contributed by atoms with E-state index >= 15 is 0 Å². The molecule has 1 fully saturated rings. The van der Waals surface area contributed by atoms with Crippen LogP contribution in [-0.4, -0.2) is 18.2 Å². The minimum absolute atomic E-state index is 0.216. The topological polar surface area (TPSA) is 31.4 Å². The van der Waals surface area contributed by atoms with Gasteiger partial charge in [0.25, 0.3) is 0 Å². The van der Waals surface area contributed by atoms with Crippen LogP contribution in [0.15, 0.2) is 63.8 Å². The van der Waals surface area contributed by atoms with Crippen molar-refractivity contribution < 1.29 is 9.47 Å². The molecule has 0 N–H and O–H groups in total. The zero-order chi connectivity index (χ0) is 17.8. The Morgan fingerprint density at radius 3 is 2.58 bits per heavy atom. The molecule has 130 valence electrons. The summed E-state index contributed by atoms with van der Waals surface area (Å²) in [6.07, 6.45) is 1.57. The fraction of sp³-hybridized carbons (Fsp3) is 0.190. The molecule has 1 saturated heterocycles. The second-order valence-electron chi connectivity index (χ2n) is 5.78. The quantitative estimate of drug-likeness (QED) is 0.596. The number of rotatable bonds is 3. The van der Waals surface area contributed by atoms with Gasteiger partial charge in [-0.25, -0.2) is 0 Å². The number of thiophene rings is 1. The molecule has 5 heteroatoms. The number of benzene rings is 1. The molecule has 3 heterocycles. The van der Waals surface area contributed by atoms with Crippen LogP contribution < -0.4 is 0 Å². The summed E-state index contributed by atoms with van der Waals surface area (Å²) in [5, 5.41) is 2.08. The van der Waals surface area contributed by atoms with Gasteiger partial charge in [0.1, 0.15) is 0 Å². The van der Waals surface area contributed by atoms with E-state index in [4.69, 9.17) is 9.47 Å². The van der Waals surface area contributed by atoms with Crippen LogP contribution in [-0.2, 0) is 9.47 Å². The van der Waals surface area contributed by atoms with Gasteiger partial charge in [0.15, 0.2) is 6.29 Å². The number of aryl methyl sites for hydroxylation is 1. The molecular weight excluding hydrogens is 362 g/mol. The molecule has 0 unspecified atom stereocenters. The molecule has 1 aliphatic rings. The first kappa shape index (κ1) is 17.3. The average Bonchev–Trinajstić information content (AvgIpc) is 3.32. The van der Waals surface area contributed by atoms with Gasteiger partial charge in [-0.2, -0.15) is 0 Å². The minimum Gasteiger partial charge on any atom is -0.345 e. The van der Waals surface area contributed by atoms with Gasteiger partial charge in [-0.3, -0.25) is 4.98 Å². The normalized spacial score (nSPS) is 14.2. The Labute approximate surface area is 161 Å². The molecule has 0 aliphatic carbocycles. The summed E-state index contributed by atoms with van der Waals surface area (Å²) in [7, 11) is 0. The molecule has 0 atom stereocenters. The van der Waals surface area contributed by atoms with Gasteiger partial charge in [-0.05, 0) is 54.8 Å². The van der Waals surface area contributed by atoms with Crippen molar-refractivity contribution >= 4 is 23.1 Å². The van der Waals surface area contributed by atoms with Crippen molar-refractivity contribution in [2.24, 2.45) is 0 Å². The summed E-state index contributed by atoms with van der Waals surface area (Å²) in [5.74, 6) is 6.39. The second kappa shape index (κ2) is 8.07. The lowest BCUT2D eigenvalue weighted by Crippen LogP contribution is -1.95. The Morgan fingerprint density at radius 1 is 1.04 bits per heavy atom. The number of hydrogen-bond donors (Lipinski definition) is 0. The van der Waals surface area contributed by atoms with Crippen molar-refractivity contribution in [2.75, 3.05) is 13.2 Å². The largest absolute Gasteiger partial charge is 0.345 e. The predicted octanol–water partition coefficient (Wildman–Crippen LogP) is 5.05. The molecule has 0 spiro atoms. The first-order valence-electron chi connectivity index (χ1n) is 8.31. The Hall–Kier alpha value is -2.10. The molecule has 1 aromatic carbocycles. The molecule has 1 aliphatic heterocycles. The summed E-state index contributed by atoms with van der Waals surface area (Å²) < 4.78 is 11.3. The van der Waals surface area contributed by atoms with Crippen LogP contribution in [0.3, 0.4) is 0 Å². The van der Waals surface area contributed by atoms with Crippen molar-refractivity contribution in [1.29, 1.82) is 0 Å². The molecule has 0 radical (unpaired) electrons. The van der Waals surface area contributed by atoms with Crippen LogP contribution >= 0.6 is 23.1 Å². The van der Waals surface area contributed by atoms with Crippen LogP contribution in [0.5, 0.6) is 0 Å². The van der Waals surface area contributed by atoms with Gasteiger partial charge < -0.3 is 9.47 Å². The summed E-state index contributed by atoms with van der Waals surface area (Å²) in [4.78, 5) is 7.69.